The second kappa shape index (κ2) is 5.81. The van der Waals surface area contributed by atoms with Crippen molar-refractivity contribution >= 4 is 16.9 Å². The van der Waals surface area contributed by atoms with Crippen molar-refractivity contribution in [1.82, 2.24) is 5.32 Å². The Labute approximate surface area is 125 Å². The molecule has 1 heterocycles. The summed E-state index contributed by atoms with van der Waals surface area (Å²) in [4.78, 5) is 23.5. The number of nitrogens with one attached hydrogen (secondary N) is 1. The second-order valence-electron chi connectivity index (χ2n) is 4.78. The molecule has 0 fully saturated rings. The van der Waals surface area contributed by atoms with Gasteiger partial charge in [-0.1, -0.05) is 18.2 Å². The van der Waals surface area contributed by atoms with Crippen LogP contribution in [0.1, 0.15) is 15.9 Å². The molecule has 0 atom stereocenters. The molecular weight excluding hydrogens is 285 g/mol. The van der Waals surface area contributed by atoms with E-state index in [9.17, 15) is 14.0 Å². The van der Waals surface area contributed by atoms with Crippen molar-refractivity contribution < 1.29 is 13.6 Å². The molecule has 1 N–H and O–H groups in total. The van der Waals surface area contributed by atoms with Gasteiger partial charge in [0.25, 0.3) is 5.91 Å². The van der Waals surface area contributed by atoms with Crippen LogP contribution in [0.4, 0.5) is 4.39 Å². The highest BCUT2D eigenvalue weighted by Gasteiger charge is 2.09. The fourth-order valence-corrected chi connectivity index (χ4v) is 2.22. The molecule has 5 heteroatoms. The largest absolute Gasteiger partial charge is 0.423 e. The molecule has 110 valence electrons. The van der Waals surface area contributed by atoms with E-state index in [1.165, 1.54) is 18.2 Å². The maximum absolute atomic E-state index is 13.2. The summed E-state index contributed by atoms with van der Waals surface area (Å²) in [6.07, 6.45) is 0. The van der Waals surface area contributed by atoms with Crippen molar-refractivity contribution in [2.24, 2.45) is 0 Å². The molecule has 0 radical (unpaired) electrons. The van der Waals surface area contributed by atoms with Crippen LogP contribution in [0.25, 0.3) is 11.0 Å². The highest BCUT2D eigenvalue weighted by atomic mass is 19.1. The number of halogens is 1. The number of carbonyl (C=O) groups is 1. The van der Waals surface area contributed by atoms with Gasteiger partial charge in [-0.25, -0.2) is 9.18 Å². The molecule has 22 heavy (non-hydrogen) atoms. The first-order chi connectivity index (χ1) is 10.6. The minimum atomic E-state index is -0.581. The maximum Gasteiger partial charge on any atom is 0.336 e. The van der Waals surface area contributed by atoms with Crippen molar-refractivity contribution in [3.63, 3.8) is 0 Å². The lowest BCUT2D eigenvalue weighted by atomic mass is 10.1. The van der Waals surface area contributed by atoms with Crippen molar-refractivity contribution in [2.75, 3.05) is 0 Å². The minimum absolute atomic E-state index is 0.154. The van der Waals surface area contributed by atoms with E-state index in [1.807, 2.05) is 6.07 Å². The Morgan fingerprint density at radius 3 is 2.64 bits per heavy atom. The molecule has 3 rings (SSSR count). The average Bonchev–Trinajstić information content (AvgIpc) is 2.52. The van der Waals surface area contributed by atoms with E-state index in [4.69, 9.17) is 4.42 Å². The molecule has 0 saturated heterocycles. The zero-order valence-electron chi connectivity index (χ0n) is 11.5. The summed E-state index contributed by atoms with van der Waals surface area (Å²) >= 11 is 0. The Kier molecular flexibility index (Phi) is 3.70. The van der Waals surface area contributed by atoms with Crippen molar-refractivity contribution in [1.29, 1.82) is 0 Å². The van der Waals surface area contributed by atoms with E-state index in [2.05, 4.69) is 5.32 Å². The number of hydrogen-bond donors (Lipinski definition) is 1. The van der Waals surface area contributed by atoms with Crippen molar-refractivity contribution in [3.05, 3.63) is 82.0 Å². The standard InChI is InChI=1S/C17H12FNO3/c18-13-6-7-14-12(8-16(20)22-15(14)9-13)10-19-17(21)11-4-2-1-3-5-11/h1-9H,10H2,(H,19,21). The maximum atomic E-state index is 13.2. The molecule has 0 bridgehead atoms. The summed E-state index contributed by atoms with van der Waals surface area (Å²) in [5.74, 6) is -0.731. The molecule has 0 saturated carbocycles. The number of amides is 1. The van der Waals surface area contributed by atoms with Gasteiger partial charge in [0.1, 0.15) is 11.4 Å². The van der Waals surface area contributed by atoms with Gasteiger partial charge in [0.15, 0.2) is 0 Å². The second-order valence-corrected chi connectivity index (χ2v) is 4.78. The Morgan fingerprint density at radius 2 is 1.86 bits per heavy atom. The molecule has 0 aliphatic carbocycles. The molecule has 1 aromatic heterocycles. The fraction of sp³-hybridized carbons (Fsp3) is 0.0588. The minimum Gasteiger partial charge on any atom is -0.423 e. The van der Waals surface area contributed by atoms with E-state index in [0.29, 0.717) is 16.5 Å². The predicted molar refractivity (Wildman–Crippen MR) is 80.1 cm³/mol. The van der Waals surface area contributed by atoms with Gasteiger partial charge >= 0.3 is 5.63 Å². The first kappa shape index (κ1) is 14.0. The smallest absolute Gasteiger partial charge is 0.336 e. The molecule has 2 aromatic carbocycles. The van der Waals surface area contributed by atoms with E-state index in [-0.39, 0.29) is 18.0 Å². The van der Waals surface area contributed by atoms with Crippen molar-refractivity contribution in [2.45, 2.75) is 6.54 Å². The normalized spacial score (nSPS) is 10.6. The number of benzene rings is 2. The Bertz CT molecular complexity index is 887. The average molecular weight is 297 g/mol. The molecule has 0 unspecified atom stereocenters. The summed E-state index contributed by atoms with van der Waals surface area (Å²) in [7, 11) is 0. The van der Waals surface area contributed by atoms with Gasteiger partial charge in [0.05, 0.1) is 0 Å². The van der Waals surface area contributed by atoms with Gasteiger partial charge in [-0.3, -0.25) is 4.79 Å². The predicted octanol–water partition coefficient (Wildman–Crippen LogP) is 2.86. The van der Waals surface area contributed by atoms with Crippen LogP contribution in [0, 0.1) is 5.82 Å². The molecule has 3 aromatic rings. The molecule has 1 amide bonds. The third kappa shape index (κ3) is 2.88. The lowest BCUT2D eigenvalue weighted by molar-refractivity contribution is 0.0951. The van der Waals surface area contributed by atoms with E-state index in [0.717, 1.165) is 6.07 Å². The monoisotopic (exact) mass is 297 g/mol. The molecule has 0 aliphatic rings. The number of hydrogen-bond acceptors (Lipinski definition) is 3. The van der Waals surface area contributed by atoms with Crippen LogP contribution in [0.3, 0.4) is 0 Å². The third-order valence-electron chi connectivity index (χ3n) is 3.27. The number of fused-ring (bicyclic) bond motifs is 1. The first-order valence-electron chi connectivity index (χ1n) is 6.69. The van der Waals surface area contributed by atoms with Gasteiger partial charge in [-0.2, -0.15) is 0 Å². The van der Waals surface area contributed by atoms with Gasteiger partial charge in [-0.15, -0.1) is 0 Å². The lowest BCUT2D eigenvalue weighted by Crippen LogP contribution is -2.23. The van der Waals surface area contributed by atoms with Crippen molar-refractivity contribution in [3.8, 4) is 0 Å². The van der Waals surface area contributed by atoms with Crippen LogP contribution >= 0.6 is 0 Å². The van der Waals surface area contributed by atoms with Gasteiger partial charge in [0.2, 0.25) is 0 Å². The topological polar surface area (TPSA) is 59.3 Å². The van der Waals surface area contributed by atoms with Crippen LogP contribution in [0.5, 0.6) is 0 Å². The van der Waals surface area contributed by atoms with Gasteiger partial charge in [-0.05, 0) is 29.8 Å². The van der Waals surface area contributed by atoms with Crippen LogP contribution in [-0.4, -0.2) is 5.91 Å². The lowest BCUT2D eigenvalue weighted by Gasteiger charge is -2.07. The zero-order valence-corrected chi connectivity index (χ0v) is 11.5. The van der Waals surface area contributed by atoms with Gasteiger partial charge < -0.3 is 9.73 Å². The molecule has 0 aliphatic heterocycles. The Balaban J connectivity index is 1.88. The van der Waals surface area contributed by atoms with Crippen LogP contribution in [0.2, 0.25) is 0 Å². The Hall–Kier alpha value is -2.95. The number of carbonyl (C=O) groups excluding carboxylic acids is 1. The summed E-state index contributed by atoms with van der Waals surface area (Å²) in [5.41, 5.74) is 0.690. The number of rotatable bonds is 3. The summed E-state index contributed by atoms with van der Waals surface area (Å²) < 4.78 is 18.2. The van der Waals surface area contributed by atoms with Gasteiger partial charge in [0, 0.05) is 29.6 Å². The van der Waals surface area contributed by atoms with E-state index in [1.54, 1.807) is 24.3 Å². The Morgan fingerprint density at radius 1 is 1.09 bits per heavy atom. The first-order valence-corrected chi connectivity index (χ1v) is 6.69. The highest BCUT2D eigenvalue weighted by Crippen LogP contribution is 2.18. The van der Waals surface area contributed by atoms with E-state index < -0.39 is 11.4 Å². The molecule has 4 nitrogen and oxygen atoms in total. The van der Waals surface area contributed by atoms with Crippen LogP contribution < -0.4 is 10.9 Å². The molecule has 0 spiro atoms. The quantitative estimate of drug-likeness (QED) is 0.756. The van der Waals surface area contributed by atoms with Crippen LogP contribution in [0.15, 0.2) is 63.8 Å². The third-order valence-corrected chi connectivity index (χ3v) is 3.27. The van der Waals surface area contributed by atoms with E-state index >= 15 is 0 Å². The SMILES string of the molecule is O=C(NCc1cc(=O)oc2cc(F)ccc12)c1ccccc1. The summed E-state index contributed by atoms with van der Waals surface area (Å²) in [5, 5.41) is 3.33. The molecular formula is C17H12FNO3. The fourth-order valence-electron chi connectivity index (χ4n) is 2.22. The summed E-state index contributed by atoms with van der Waals surface area (Å²) in [6.45, 7) is 0.154. The van der Waals surface area contributed by atoms with Crippen LogP contribution in [-0.2, 0) is 6.54 Å². The highest BCUT2D eigenvalue weighted by molar-refractivity contribution is 5.94. The summed E-state index contributed by atoms with van der Waals surface area (Å²) in [6, 6.07) is 14.0. The zero-order chi connectivity index (χ0) is 15.5.